The number of hydrogen-bond acceptors (Lipinski definition) is 6. The minimum atomic E-state index is 0.160. The topological polar surface area (TPSA) is 100 Å². The molecule has 0 amide bonds. The first-order chi connectivity index (χ1) is 7.84. The molecule has 0 bridgehead atoms. The fraction of sp³-hybridized carbons (Fsp3) is 0. The molecule has 3 aromatic rings. The maximum Gasteiger partial charge on any atom is 0.227 e. The summed E-state index contributed by atoms with van der Waals surface area (Å²) >= 11 is 0. The van der Waals surface area contributed by atoms with Gasteiger partial charge in [0.1, 0.15) is 11.4 Å². The third-order valence-corrected chi connectivity index (χ3v) is 2.16. The zero-order valence-corrected chi connectivity index (χ0v) is 7.99. The molecular weight excluding hydrogens is 208 g/mol. The van der Waals surface area contributed by atoms with Crippen molar-refractivity contribution in [3.8, 4) is 17.0 Å². The monoisotopic (exact) mass is 214 g/mol. The normalized spacial score (nSPS) is 10.8. The molecule has 0 fully saturated rings. The summed E-state index contributed by atoms with van der Waals surface area (Å²) in [5.74, 6) is 0.160. The highest BCUT2D eigenvalue weighted by Gasteiger charge is 2.10. The lowest BCUT2D eigenvalue weighted by atomic mass is 10.1. The highest BCUT2D eigenvalue weighted by atomic mass is 16.3. The van der Waals surface area contributed by atoms with E-state index in [0.29, 0.717) is 22.4 Å². The van der Waals surface area contributed by atoms with Crippen LogP contribution < -0.4 is 0 Å². The Hall–Kier alpha value is -2.57. The Morgan fingerprint density at radius 1 is 1.12 bits per heavy atom. The van der Waals surface area contributed by atoms with Crippen LogP contribution in [0.15, 0.2) is 24.3 Å². The number of hydrogen-bond donors (Lipinski definition) is 2. The number of benzene rings is 1. The molecule has 0 aliphatic heterocycles. The summed E-state index contributed by atoms with van der Waals surface area (Å²) in [5.41, 5.74) is 2.18. The molecule has 0 saturated heterocycles. The quantitative estimate of drug-likeness (QED) is 0.612. The number of nitrogens with one attached hydrogen (secondary N) is 1. The Morgan fingerprint density at radius 2 is 2.06 bits per heavy atom. The number of aromatic nitrogens is 6. The molecule has 3 rings (SSSR count). The van der Waals surface area contributed by atoms with Gasteiger partial charge in [-0.2, -0.15) is 10.3 Å². The minimum absolute atomic E-state index is 0.160. The molecule has 0 spiro atoms. The molecule has 0 radical (unpaired) electrons. The number of H-pyrrole nitrogens is 1. The molecule has 0 aliphatic carbocycles. The van der Waals surface area contributed by atoms with Crippen LogP contribution in [-0.4, -0.2) is 35.9 Å². The first-order valence-electron chi connectivity index (χ1n) is 4.54. The van der Waals surface area contributed by atoms with Crippen molar-refractivity contribution in [3.63, 3.8) is 0 Å². The number of phenolic OH excluding ortho intramolecular Hbond substituents is 1. The van der Waals surface area contributed by atoms with Crippen LogP contribution in [0, 0.1) is 0 Å². The van der Waals surface area contributed by atoms with Crippen LogP contribution in [0.4, 0.5) is 0 Å². The van der Waals surface area contributed by atoms with Gasteiger partial charge in [0.2, 0.25) is 5.65 Å². The van der Waals surface area contributed by atoms with Crippen LogP contribution in [0.5, 0.6) is 5.75 Å². The summed E-state index contributed by atoms with van der Waals surface area (Å²) in [7, 11) is 0. The second kappa shape index (κ2) is 3.23. The number of rotatable bonds is 1. The molecule has 1 aromatic carbocycles. The lowest BCUT2D eigenvalue weighted by molar-refractivity contribution is 0.475. The molecular formula is C9H6N6O. The summed E-state index contributed by atoms with van der Waals surface area (Å²) < 4.78 is 0. The second-order valence-corrected chi connectivity index (χ2v) is 3.18. The summed E-state index contributed by atoms with van der Waals surface area (Å²) in [4.78, 5) is 0. The summed E-state index contributed by atoms with van der Waals surface area (Å²) in [6, 6.07) is 6.69. The zero-order valence-electron chi connectivity index (χ0n) is 7.99. The molecule has 0 aliphatic rings. The van der Waals surface area contributed by atoms with E-state index >= 15 is 0 Å². The van der Waals surface area contributed by atoms with Crippen molar-refractivity contribution >= 4 is 11.2 Å². The van der Waals surface area contributed by atoms with Gasteiger partial charge < -0.3 is 5.11 Å². The third-order valence-electron chi connectivity index (χ3n) is 2.16. The van der Waals surface area contributed by atoms with Gasteiger partial charge in [0.25, 0.3) is 0 Å². The maximum atomic E-state index is 9.39. The second-order valence-electron chi connectivity index (χ2n) is 3.18. The molecule has 7 nitrogen and oxygen atoms in total. The van der Waals surface area contributed by atoms with Crippen molar-refractivity contribution in [1.29, 1.82) is 0 Å². The average Bonchev–Trinajstić information content (AvgIpc) is 2.76. The Balaban J connectivity index is 2.29. The fourth-order valence-electron chi connectivity index (χ4n) is 1.46. The molecule has 78 valence electrons. The first kappa shape index (κ1) is 8.72. The van der Waals surface area contributed by atoms with Crippen molar-refractivity contribution in [2.45, 2.75) is 0 Å². The largest absolute Gasteiger partial charge is 0.508 e. The number of phenols is 1. The van der Waals surface area contributed by atoms with Gasteiger partial charge in [-0.1, -0.05) is 12.1 Å². The van der Waals surface area contributed by atoms with E-state index in [1.165, 1.54) is 0 Å². The van der Waals surface area contributed by atoms with E-state index in [-0.39, 0.29) is 5.75 Å². The Morgan fingerprint density at radius 3 is 2.94 bits per heavy atom. The van der Waals surface area contributed by atoms with Crippen molar-refractivity contribution in [3.05, 3.63) is 24.3 Å². The summed E-state index contributed by atoms with van der Waals surface area (Å²) in [6.07, 6.45) is 0. The van der Waals surface area contributed by atoms with Crippen LogP contribution in [0.2, 0.25) is 0 Å². The third kappa shape index (κ3) is 1.26. The van der Waals surface area contributed by atoms with E-state index in [1.807, 2.05) is 0 Å². The molecule has 2 N–H and O–H groups in total. The van der Waals surface area contributed by atoms with Crippen LogP contribution in [0.3, 0.4) is 0 Å². The zero-order chi connectivity index (χ0) is 11.0. The van der Waals surface area contributed by atoms with E-state index in [9.17, 15) is 5.11 Å². The SMILES string of the molecule is Oc1cccc(-c2nnnc3n[nH]nc23)c1. The Labute approximate surface area is 89.1 Å². The number of aromatic amines is 1. The predicted octanol–water partition coefficient (Wildman–Crippen LogP) is 0.515. The Bertz CT molecular complexity index is 649. The summed E-state index contributed by atoms with van der Waals surface area (Å²) in [5, 5.41) is 30.8. The predicted molar refractivity (Wildman–Crippen MR) is 54.4 cm³/mol. The molecule has 0 atom stereocenters. The van der Waals surface area contributed by atoms with Crippen molar-refractivity contribution < 1.29 is 5.11 Å². The van der Waals surface area contributed by atoms with Gasteiger partial charge in [-0.15, -0.1) is 15.3 Å². The molecule has 0 unspecified atom stereocenters. The van der Waals surface area contributed by atoms with Gasteiger partial charge in [0.05, 0.1) is 0 Å². The maximum absolute atomic E-state index is 9.39. The van der Waals surface area contributed by atoms with E-state index in [4.69, 9.17) is 0 Å². The molecule has 2 aromatic heterocycles. The lowest BCUT2D eigenvalue weighted by Gasteiger charge is -1.99. The Kier molecular flexibility index (Phi) is 1.76. The summed E-state index contributed by atoms with van der Waals surface area (Å²) in [6.45, 7) is 0. The van der Waals surface area contributed by atoms with Crippen LogP contribution >= 0.6 is 0 Å². The van der Waals surface area contributed by atoms with Crippen LogP contribution in [0.25, 0.3) is 22.4 Å². The van der Waals surface area contributed by atoms with Gasteiger partial charge in [-0.3, -0.25) is 0 Å². The van der Waals surface area contributed by atoms with Crippen molar-refractivity contribution in [2.24, 2.45) is 0 Å². The molecule has 16 heavy (non-hydrogen) atoms. The van der Waals surface area contributed by atoms with Crippen LogP contribution in [0.1, 0.15) is 0 Å². The van der Waals surface area contributed by atoms with E-state index in [0.717, 1.165) is 0 Å². The lowest BCUT2D eigenvalue weighted by Crippen LogP contribution is -1.92. The van der Waals surface area contributed by atoms with Gasteiger partial charge in [-0.25, -0.2) is 0 Å². The van der Waals surface area contributed by atoms with Crippen molar-refractivity contribution in [2.75, 3.05) is 0 Å². The molecule has 7 heteroatoms. The molecule has 0 saturated carbocycles. The fourth-order valence-corrected chi connectivity index (χ4v) is 1.46. The van der Waals surface area contributed by atoms with Crippen LogP contribution in [-0.2, 0) is 0 Å². The van der Waals surface area contributed by atoms with E-state index in [2.05, 4.69) is 30.8 Å². The smallest absolute Gasteiger partial charge is 0.227 e. The number of fused-ring (bicyclic) bond motifs is 1. The van der Waals surface area contributed by atoms with Crippen molar-refractivity contribution in [1.82, 2.24) is 30.8 Å². The highest BCUT2D eigenvalue weighted by Crippen LogP contribution is 2.24. The van der Waals surface area contributed by atoms with Gasteiger partial charge >= 0.3 is 0 Å². The van der Waals surface area contributed by atoms with E-state index < -0.39 is 0 Å². The first-order valence-corrected chi connectivity index (χ1v) is 4.54. The minimum Gasteiger partial charge on any atom is -0.508 e. The number of nitrogens with zero attached hydrogens (tertiary/aromatic N) is 5. The molecule has 2 heterocycles. The van der Waals surface area contributed by atoms with Gasteiger partial charge in [0, 0.05) is 5.56 Å². The highest BCUT2D eigenvalue weighted by molar-refractivity contribution is 5.85. The van der Waals surface area contributed by atoms with E-state index in [1.54, 1.807) is 24.3 Å². The van der Waals surface area contributed by atoms with Gasteiger partial charge in [0.15, 0.2) is 5.52 Å². The standard InChI is InChI=1S/C9H6N6O/c16-6-3-1-2-5(4-6)7-8-9(12-14-10-7)13-15-11-8/h1-4,16H,(H,10,11,12,13,15). The average molecular weight is 214 g/mol. The number of aromatic hydroxyl groups is 1. The van der Waals surface area contributed by atoms with Gasteiger partial charge in [-0.05, 0) is 17.3 Å².